The Morgan fingerprint density at radius 3 is 2.40 bits per heavy atom. The quantitative estimate of drug-likeness (QED) is 0.309. The second-order valence-corrected chi connectivity index (χ2v) is 20.9. The minimum atomic E-state index is -0.897. The van der Waals surface area contributed by atoms with Gasteiger partial charge in [-0.1, -0.05) is 27.7 Å². The van der Waals surface area contributed by atoms with Crippen LogP contribution in [0.1, 0.15) is 113 Å². The molecular formula is C42H70N2O6. The van der Waals surface area contributed by atoms with Crippen LogP contribution in [0.4, 0.5) is 0 Å². The fraction of sp³-hybridized carbons (Fsp3) is 1.00. The van der Waals surface area contributed by atoms with Gasteiger partial charge < -0.3 is 28.8 Å². The summed E-state index contributed by atoms with van der Waals surface area (Å²) in [6.07, 6.45) is 13.2. The summed E-state index contributed by atoms with van der Waals surface area (Å²) in [4.78, 5) is 5.28. The fourth-order valence-corrected chi connectivity index (χ4v) is 14.9. The van der Waals surface area contributed by atoms with Gasteiger partial charge in [0.05, 0.1) is 43.7 Å². The van der Waals surface area contributed by atoms with E-state index in [1.165, 1.54) is 77.4 Å². The molecule has 0 aromatic carbocycles. The van der Waals surface area contributed by atoms with Crippen LogP contribution in [0.5, 0.6) is 0 Å². The summed E-state index contributed by atoms with van der Waals surface area (Å²) in [6, 6.07) is 0.638. The van der Waals surface area contributed by atoms with Crippen LogP contribution in [0.2, 0.25) is 0 Å². The largest absolute Gasteiger partial charge is 0.388 e. The lowest BCUT2D eigenvalue weighted by atomic mass is 9.46. The van der Waals surface area contributed by atoms with Crippen molar-refractivity contribution in [3.8, 4) is 0 Å². The molecule has 0 amide bonds. The van der Waals surface area contributed by atoms with Crippen LogP contribution in [0.3, 0.4) is 0 Å². The molecule has 5 saturated carbocycles. The summed E-state index contributed by atoms with van der Waals surface area (Å²) < 4.78 is 32.0. The zero-order valence-electron chi connectivity index (χ0n) is 32.6. The Morgan fingerprint density at radius 1 is 0.900 bits per heavy atom. The highest BCUT2D eigenvalue weighted by molar-refractivity contribution is 5.29. The predicted molar refractivity (Wildman–Crippen MR) is 193 cm³/mol. The smallest absolute Gasteiger partial charge is 0.170 e. The van der Waals surface area contributed by atoms with E-state index in [4.69, 9.17) is 23.7 Å². The number of ether oxygens (including phenoxy) is 5. The molecule has 12 atom stereocenters. The highest BCUT2D eigenvalue weighted by Gasteiger charge is 2.80. The molecule has 0 radical (unpaired) electrons. The molecule has 0 aromatic rings. The van der Waals surface area contributed by atoms with E-state index in [-0.39, 0.29) is 30.0 Å². The second kappa shape index (κ2) is 12.1. The third kappa shape index (κ3) is 5.33. The average molecular weight is 699 g/mol. The van der Waals surface area contributed by atoms with Gasteiger partial charge in [-0.3, -0.25) is 9.80 Å². The van der Waals surface area contributed by atoms with Crippen molar-refractivity contribution < 1.29 is 28.8 Å². The average Bonchev–Trinajstić information content (AvgIpc) is 3.61. The van der Waals surface area contributed by atoms with Gasteiger partial charge in [-0.2, -0.15) is 0 Å². The van der Waals surface area contributed by atoms with Crippen LogP contribution in [0.25, 0.3) is 0 Å². The Morgan fingerprint density at radius 2 is 1.68 bits per heavy atom. The number of hydrogen-bond donors (Lipinski definition) is 1. The number of fused-ring (bicyclic) bond motifs is 4. The van der Waals surface area contributed by atoms with E-state index < -0.39 is 5.60 Å². The highest BCUT2D eigenvalue weighted by atomic mass is 16.7. The number of likely N-dealkylation sites (tertiary alicyclic amines) is 1. The lowest BCUT2D eigenvalue weighted by Gasteiger charge is -2.60. The van der Waals surface area contributed by atoms with E-state index in [0.29, 0.717) is 46.3 Å². The van der Waals surface area contributed by atoms with Gasteiger partial charge in [0.2, 0.25) is 0 Å². The molecule has 50 heavy (non-hydrogen) atoms. The molecule has 8 nitrogen and oxygen atoms in total. The van der Waals surface area contributed by atoms with Crippen LogP contribution in [0.15, 0.2) is 0 Å². The standard InChI is InChI=1S/C42H70N2O6/c1-8-47-36(38(4,5)45)31-11-9-29-32(49-31)19-30-28-10-12-33-37(2,3)34(13-14-42(33)23-41(28,42)16-15-40(29,30)7)50-35-22-44(17-18-48-35)27-20-43(21-27)24-39(6)25-46-26-39/h27-36,45H,8-26H2,1-7H3. The molecular weight excluding hydrogens is 628 g/mol. The first-order chi connectivity index (χ1) is 23.7. The fourth-order valence-electron chi connectivity index (χ4n) is 14.9. The summed E-state index contributed by atoms with van der Waals surface area (Å²) in [6.45, 7) is 24.7. The van der Waals surface area contributed by atoms with E-state index in [2.05, 4.69) is 37.5 Å². The number of rotatable bonds is 9. The predicted octanol–water partition coefficient (Wildman–Crippen LogP) is 6.13. The number of morpholine rings is 1. The lowest BCUT2D eigenvalue weighted by molar-refractivity contribution is -0.251. The van der Waals surface area contributed by atoms with Gasteiger partial charge in [0.25, 0.3) is 0 Å². The Labute approximate surface area is 303 Å². The van der Waals surface area contributed by atoms with Crippen LogP contribution in [0, 0.1) is 50.7 Å². The summed E-state index contributed by atoms with van der Waals surface area (Å²) in [5.74, 6) is 3.00. The van der Waals surface area contributed by atoms with Crippen molar-refractivity contribution in [3.05, 3.63) is 0 Å². The van der Waals surface area contributed by atoms with Crippen molar-refractivity contribution in [2.24, 2.45) is 50.7 Å². The van der Waals surface area contributed by atoms with E-state index in [1.54, 1.807) is 0 Å². The molecule has 9 rings (SSSR count). The molecule has 9 aliphatic rings. The Hall–Kier alpha value is -0.320. The monoisotopic (exact) mass is 699 g/mol. The molecule has 9 fully saturated rings. The van der Waals surface area contributed by atoms with Crippen molar-refractivity contribution >= 4 is 0 Å². The van der Waals surface area contributed by atoms with Gasteiger partial charge in [0.15, 0.2) is 6.29 Å². The third-order valence-corrected chi connectivity index (χ3v) is 17.3. The van der Waals surface area contributed by atoms with Crippen LogP contribution in [-0.2, 0) is 23.7 Å². The first kappa shape index (κ1) is 35.4. The zero-order valence-corrected chi connectivity index (χ0v) is 32.6. The first-order valence-corrected chi connectivity index (χ1v) is 21.0. The van der Waals surface area contributed by atoms with Gasteiger partial charge in [0, 0.05) is 50.8 Å². The number of hydrogen-bond acceptors (Lipinski definition) is 8. The summed E-state index contributed by atoms with van der Waals surface area (Å²) in [7, 11) is 0. The molecule has 8 heteroatoms. The summed E-state index contributed by atoms with van der Waals surface area (Å²) >= 11 is 0. The van der Waals surface area contributed by atoms with Gasteiger partial charge in [-0.25, -0.2) is 0 Å². The Balaban J connectivity index is 0.840. The zero-order chi connectivity index (χ0) is 34.9. The molecule has 12 unspecified atom stereocenters. The van der Waals surface area contributed by atoms with Crippen molar-refractivity contribution in [1.29, 1.82) is 0 Å². The topological polar surface area (TPSA) is 72.9 Å². The molecule has 4 heterocycles. The maximum atomic E-state index is 11.0. The van der Waals surface area contributed by atoms with Crippen LogP contribution >= 0.6 is 0 Å². The molecule has 284 valence electrons. The molecule has 1 N–H and O–H groups in total. The maximum Gasteiger partial charge on any atom is 0.170 e. The second-order valence-electron chi connectivity index (χ2n) is 20.9. The molecule has 2 spiro atoms. The normalized spacial score (nSPS) is 49.0. The van der Waals surface area contributed by atoms with E-state index >= 15 is 0 Å². The molecule has 4 aliphatic heterocycles. The summed E-state index contributed by atoms with van der Waals surface area (Å²) in [5.41, 5.74) is 1.06. The van der Waals surface area contributed by atoms with Gasteiger partial charge in [0.1, 0.15) is 6.10 Å². The van der Waals surface area contributed by atoms with Crippen molar-refractivity contribution in [1.82, 2.24) is 9.80 Å². The van der Waals surface area contributed by atoms with Crippen molar-refractivity contribution in [2.45, 2.75) is 155 Å². The van der Waals surface area contributed by atoms with Crippen molar-refractivity contribution in [2.75, 3.05) is 59.2 Å². The SMILES string of the molecule is CCOC(C1CCC2C(CC3C4CCC5C(C)(C)C(OC6CN(C7CN(CC8(C)COC8)C7)CCO6)CCC56CC46CCC23C)O1)C(C)(C)O. The molecule has 4 saturated heterocycles. The van der Waals surface area contributed by atoms with Gasteiger partial charge in [-0.05, 0) is 130 Å². The Kier molecular flexibility index (Phi) is 8.56. The lowest BCUT2D eigenvalue weighted by Crippen LogP contribution is -2.65. The van der Waals surface area contributed by atoms with Crippen LogP contribution < -0.4 is 0 Å². The highest BCUT2D eigenvalue weighted by Crippen LogP contribution is 2.87. The third-order valence-electron chi connectivity index (χ3n) is 17.3. The molecule has 0 aromatic heterocycles. The molecule has 0 bridgehead atoms. The van der Waals surface area contributed by atoms with Gasteiger partial charge in [-0.15, -0.1) is 0 Å². The first-order valence-electron chi connectivity index (χ1n) is 21.0. The van der Waals surface area contributed by atoms with E-state index in [1.807, 2.05) is 20.8 Å². The number of aliphatic hydroxyl groups is 1. The van der Waals surface area contributed by atoms with E-state index in [9.17, 15) is 5.11 Å². The maximum absolute atomic E-state index is 11.0. The van der Waals surface area contributed by atoms with Crippen LogP contribution in [-0.4, -0.2) is 116 Å². The minimum Gasteiger partial charge on any atom is -0.388 e. The Bertz CT molecular complexity index is 1280. The van der Waals surface area contributed by atoms with E-state index in [0.717, 1.165) is 57.1 Å². The van der Waals surface area contributed by atoms with Crippen molar-refractivity contribution in [3.63, 3.8) is 0 Å². The summed E-state index contributed by atoms with van der Waals surface area (Å²) in [5, 5.41) is 11.0. The minimum absolute atomic E-state index is 0.00675. The number of nitrogens with zero attached hydrogens (tertiary/aromatic N) is 2. The van der Waals surface area contributed by atoms with Gasteiger partial charge >= 0.3 is 0 Å². The molecule has 5 aliphatic carbocycles.